The number of ether oxygens (including phenoxy) is 1. The monoisotopic (exact) mass is 256 g/mol. The minimum Gasteiger partial charge on any atom is -0.469 e. The summed E-state index contributed by atoms with van der Waals surface area (Å²) >= 11 is 0. The summed E-state index contributed by atoms with van der Waals surface area (Å²) in [6.07, 6.45) is 2.72. The van der Waals surface area contributed by atoms with Crippen LogP contribution < -0.4 is 5.32 Å². The van der Waals surface area contributed by atoms with Gasteiger partial charge < -0.3 is 10.1 Å². The number of piperidine rings is 1. The molecule has 0 aliphatic carbocycles. The normalized spacial score (nSPS) is 22.3. The van der Waals surface area contributed by atoms with E-state index in [-0.39, 0.29) is 23.8 Å². The molecule has 0 bridgehead atoms. The van der Waals surface area contributed by atoms with E-state index in [1.54, 1.807) is 0 Å². The van der Waals surface area contributed by atoms with E-state index in [2.05, 4.69) is 10.2 Å². The molecule has 2 unspecified atom stereocenters. The molecule has 1 saturated heterocycles. The molecule has 5 heteroatoms. The first-order valence-corrected chi connectivity index (χ1v) is 6.69. The van der Waals surface area contributed by atoms with Crippen LogP contribution in [0.25, 0.3) is 0 Å². The zero-order valence-electron chi connectivity index (χ0n) is 11.6. The van der Waals surface area contributed by atoms with E-state index in [0.717, 1.165) is 25.8 Å². The van der Waals surface area contributed by atoms with Crippen molar-refractivity contribution in [1.29, 1.82) is 0 Å². The first-order chi connectivity index (χ1) is 8.60. The lowest BCUT2D eigenvalue weighted by Gasteiger charge is -2.34. The van der Waals surface area contributed by atoms with Crippen molar-refractivity contribution >= 4 is 11.9 Å². The molecule has 1 rings (SSSR count). The highest BCUT2D eigenvalue weighted by atomic mass is 16.5. The third-order valence-corrected chi connectivity index (χ3v) is 3.46. The van der Waals surface area contributed by atoms with Crippen LogP contribution in [-0.4, -0.2) is 49.6 Å². The Morgan fingerprint density at radius 1 is 1.50 bits per heavy atom. The number of likely N-dealkylation sites (tertiary alicyclic amines) is 1. The van der Waals surface area contributed by atoms with Gasteiger partial charge in [-0.25, -0.2) is 0 Å². The SMILES string of the molecule is CCCNC(=O)C(C)N1CCCC(C(=O)OC)C1. The van der Waals surface area contributed by atoms with E-state index in [9.17, 15) is 9.59 Å². The summed E-state index contributed by atoms with van der Waals surface area (Å²) in [5, 5.41) is 2.89. The molecular weight excluding hydrogens is 232 g/mol. The summed E-state index contributed by atoms with van der Waals surface area (Å²) in [6, 6.07) is -0.177. The molecule has 1 fully saturated rings. The molecule has 1 aliphatic rings. The molecule has 1 heterocycles. The predicted molar refractivity (Wildman–Crippen MR) is 69.1 cm³/mol. The number of esters is 1. The van der Waals surface area contributed by atoms with Crippen LogP contribution in [-0.2, 0) is 14.3 Å². The molecule has 1 N–H and O–H groups in total. The molecule has 0 aromatic heterocycles. The Kier molecular flexibility index (Phi) is 6.12. The van der Waals surface area contributed by atoms with Gasteiger partial charge in [-0.15, -0.1) is 0 Å². The highest BCUT2D eigenvalue weighted by Gasteiger charge is 2.31. The van der Waals surface area contributed by atoms with Gasteiger partial charge in [0.1, 0.15) is 0 Å². The number of amides is 1. The quantitative estimate of drug-likeness (QED) is 0.739. The highest BCUT2D eigenvalue weighted by molar-refractivity contribution is 5.81. The molecule has 1 aliphatic heterocycles. The van der Waals surface area contributed by atoms with Crippen molar-refractivity contribution in [3.63, 3.8) is 0 Å². The Hall–Kier alpha value is -1.10. The Labute approximate surface area is 109 Å². The van der Waals surface area contributed by atoms with Crippen molar-refractivity contribution in [2.75, 3.05) is 26.7 Å². The van der Waals surface area contributed by atoms with Crippen LogP contribution in [0, 0.1) is 5.92 Å². The van der Waals surface area contributed by atoms with Crippen molar-refractivity contribution in [3.8, 4) is 0 Å². The standard InChI is InChI=1S/C13H24N2O3/c1-4-7-14-12(16)10(2)15-8-5-6-11(9-15)13(17)18-3/h10-11H,4-9H2,1-3H3,(H,14,16). The molecule has 0 aromatic rings. The molecule has 0 saturated carbocycles. The van der Waals surface area contributed by atoms with Crippen LogP contribution in [0.2, 0.25) is 0 Å². The number of nitrogens with zero attached hydrogens (tertiary/aromatic N) is 1. The van der Waals surface area contributed by atoms with Crippen molar-refractivity contribution in [1.82, 2.24) is 10.2 Å². The maximum Gasteiger partial charge on any atom is 0.309 e. The molecule has 104 valence electrons. The Morgan fingerprint density at radius 3 is 2.83 bits per heavy atom. The van der Waals surface area contributed by atoms with E-state index in [4.69, 9.17) is 4.74 Å². The summed E-state index contributed by atoms with van der Waals surface area (Å²) in [7, 11) is 1.42. The number of carbonyl (C=O) groups is 2. The van der Waals surface area contributed by atoms with Gasteiger partial charge in [0.25, 0.3) is 0 Å². The van der Waals surface area contributed by atoms with E-state index >= 15 is 0 Å². The van der Waals surface area contributed by atoms with Gasteiger partial charge in [0, 0.05) is 13.1 Å². The molecular formula is C13H24N2O3. The largest absolute Gasteiger partial charge is 0.469 e. The smallest absolute Gasteiger partial charge is 0.309 e. The number of methoxy groups -OCH3 is 1. The predicted octanol–water partition coefficient (Wildman–Crippen LogP) is 0.786. The number of hydrogen-bond acceptors (Lipinski definition) is 4. The second kappa shape index (κ2) is 7.36. The molecule has 2 atom stereocenters. The third kappa shape index (κ3) is 3.98. The van der Waals surface area contributed by atoms with Crippen LogP contribution in [0.15, 0.2) is 0 Å². The van der Waals surface area contributed by atoms with E-state index < -0.39 is 0 Å². The summed E-state index contributed by atoms with van der Waals surface area (Å²) in [4.78, 5) is 25.5. The summed E-state index contributed by atoms with van der Waals surface area (Å²) in [5.74, 6) is -0.214. The average Bonchev–Trinajstić information content (AvgIpc) is 2.43. The van der Waals surface area contributed by atoms with E-state index in [0.29, 0.717) is 13.1 Å². The van der Waals surface area contributed by atoms with Gasteiger partial charge in [0.15, 0.2) is 0 Å². The highest BCUT2D eigenvalue weighted by Crippen LogP contribution is 2.19. The van der Waals surface area contributed by atoms with Gasteiger partial charge in [-0.05, 0) is 32.7 Å². The Balaban J connectivity index is 2.49. The van der Waals surface area contributed by atoms with Gasteiger partial charge in [0.2, 0.25) is 5.91 Å². The number of nitrogens with one attached hydrogen (secondary N) is 1. The second-order valence-corrected chi connectivity index (χ2v) is 4.82. The van der Waals surface area contributed by atoms with Crippen LogP contribution in [0.1, 0.15) is 33.1 Å². The topological polar surface area (TPSA) is 58.6 Å². The van der Waals surface area contributed by atoms with Gasteiger partial charge >= 0.3 is 5.97 Å². The van der Waals surface area contributed by atoms with Gasteiger partial charge in [-0.2, -0.15) is 0 Å². The summed E-state index contributed by atoms with van der Waals surface area (Å²) < 4.78 is 4.78. The minimum absolute atomic E-state index is 0.0439. The van der Waals surface area contributed by atoms with E-state index in [1.807, 2.05) is 13.8 Å². The maximum absolute atomic E-state index is 11.9. The maximum atomic E-state index is 11.9. The lowest BCUT2D eigenvalue weighted by atomic mass is 9.97. The fraction of sp³-hybridized carbons (Fsp3) is 0.846. The van der Waals surface area contributed by atoms with Gasteiger partial charge in [0.05, 0.1) is 19.1 Å². The zero-order chi connectivity index (χ0) is 13.5. The van der Waals surface area contributed by atoms with Crippen molar-refractivity contribution in [2.24, 2.45) is 5.92 Å². The fourth-order valence-electron chi connectivity index (χ4n) is 2.28. The fourth-order valence-corrected chi connectivity index (χ4v) is 2.28. The average molecular weight is 256 g/mol. The first kappa shape index (κ1) is 15.0. The number of hydrogen-bond donors (Lipinski definition) is 1. The van der Waals surface area contributed by atoms with E-state index in [1.165, 1.54) is 7.11 Å². The molecule has 18 heavy (non-hydrogen) atoms. The Bertz CT molecular complexity index is 294. The molecule has 0 aromatic carbocycles. The van der Waals surface area contributed by atoms with Crippen molar-refractivity contribution < 1.29 is 14.3 Å². The van der Waals surface area contributed by atoms with Crippen LogP contribution in [0.4, 0.5) is 0 Å². The molecule has 0 radical (unpaired) electrons. The lowest BCUT2D eigenvalue weighted by Crippen LogP contribution is -2.50. The summed E-state index contributed by atoms with van der Waals surface area (Å²) in [6.45, 7) is 6.11. The van der Waals surface area contributed by atoms with Crippen LogP contribution in [0.3, 0.4) is 0 Å². The number of rotatable bonds is 5. The molecule has 5 nitrogen and oxygen atoms in total. The zero-order valence-corrected chi connectivity index (χ0v) is 11.6. The third-order valence-electron chi connectivity index (χ3n) is 3.46. The summed E-state index contributed by atoms with van der Waals surface area (Å²) in [5.41, 5.74) is 0. The lowest BCUT2D eigenvalue weighted by molar-refractivity contribution is -0.148. The van der Waals surface area contributed by atoms with Crippen molar-refractivity contribution in [2.45, 2.75) is 39.2 Å². The van der Waals surface area contributed by atoms with Gasteiger partial charge in [-0.3, -0.25) is 14.5 Å². The Morgan fingerprint density at radius 2 is 2.22 bits per heavy atom. The van der Waals surface area contributed by atoms with Crippen LogP contribution in [0.5, 0.6) is 0 Å². The van der Waals surface area contributed by atoms with Gasteiger partial charge in [-0.1, -0.05) is 6.92 Å². The molecule has 1 amide bonds. The van der Waals surface area contributed by atoms with Crippen molar-refractivity contribution in [3.05, 3.63) is 0 Å². The number of carbonyl (C=O) groups excluding carboxylic acids is 2. The first-order valence-electron chi connectivity index (χ1n) is 6.69. The van der Waals surface area contributed by atoms with Crippen LogP contribution >= 0.6 is 0 Å². The minimum atomic E-state index is -0.177. The molecule has 0 spiro atoms. The second-order valence-electron chi connectivity index (χ2n) is 4.82.